The molecule has 0 bridgehead atoms. The standard InChI is InChI=1S/C4HCl3N2.C2H6/c5-2-1-8-4(7)9-3(2)6;1-2/h1H;1-2H3. The molecule has 0 saturated heterocycles. The van der Waals surface area contributed by atoms with Crippen LogP contribution in [0.1, 0.15) is 13.8 Å². The molecule has 0 radical (unpaired) electrons. The first-order chi connectivity index (χ1) is 5.20. The minimum Gasteiger partial charge on any atom is -0.225 e. The van der Waals surface area contributed by atoms with Crippen molar-refractivity contribution in [2.45, 2.75) is 13.8 Å². The van der Waals surface area contributed by atoms with Gasteiger partial charge in [-0.15, -0.1) is 0 Å². The predicted octanol–water partition coefficient (Wildman–Crippen LogP) is 3.46. The maximum atomic E-state index is 5.47. The zero-order chi connectivity index (χ0) is 8.85. The average molecular weight is 213 g/mol. The van der Waals surface area contributed by atoms with Crippen molar-refractivity contribution in [1.29, 1.82) is 0 Å². The Hall–Kier alpha value is -0.0500. The van der Waals surface area contributed by atoms with Crippen LogP contribution >= 0.6 is 34.8 Å². The summed E-state index contributed by atoms with van der Waals surface area (Å²) in [4.78, 5) is 7.14. The summed E-state index contributed by atoms with van der Waals surface area (Å²) in [5.74, 6) is 0. The fourth-order valence-electron chi connectivity index (χ4n) is 0.326. The first-order valence-corrected chi connectivity index (χ1v) is 4.17. The highest BCUT2D eigenvalue weighted by atomic mass is 35.5. The third-order valence-corrected chi connectivity index (χ3v) is 1.52. The maximum absolute atomic E-state index is 5.47. The Morgan fingerprint density at radius 3 is 2.09 bits per heavy atom. The van der Waals surface area contributed by atoms with E-state index in [-0.39, 0.29) is 10.4 Å². The Balaban J connectivity index is 0.000000461. The van der Waals surface area contributed by atoms with E-state index >= 15 is 0 Å². The van der Waals surface area contributed by atoms with Crippen LogP contribution in [0.5, 0.6) is 0 Å². The molecule has 0 fully saturated rings. The fourth-order valence-corrected chi connectivity index (χ4v) is 0.723. The molecule has 2 nitrogen and oxygen atoms in total. The van der Waals surface area contributed by atoms with Crippen LogP contribution in [0.15, 0.2) is 6.20 Å². The van der Waals surface area contributed by atoms with Crippen molar-refractivity contribution in [3.63, 3.8) is 0 Å². The lowest BCUT2D eigenvalue weighted by molar-refractivity contribution is 1.17. The van der Waals surface area contributed by atoms with Crippen molar-refractivity contribution in [3.05, 3.63) is 21.7 Å². The Labute approximate surface area is 80.5 Å². The highest BCUT2D eigenvalue weighted by Crippen LogP contribution is 2.18. The zero-order valence-electron chi connectivity index (χ0n) is 6.11. The molecular weight excluding hydrogens is 206 g/mol. The summed E-state index contributed by atoms with van der Waals surface area (Å²) in [5.41, 5.74) is 0. The second-order valence-electron chi connectivity index (χ2n) is 1.28. The number of rotatable bonds is 0. The van der Waals surface area contributed by atoms with E-state index in [0.29, 0.717) is 5.02 Å². The Kier molecular flexibility index (Phi) is 5.56. The van der Waals surface area contributed by atoms with Crippen LogP contribution in [0, 0.1) is 0 Å². The highest BCUT2D eigenvalue weighted by Gasteiger charge is 1.98. The molecule has 0 N–H and O–H groups in total. The molecule has 62 valence electrons. The maximum Gasteiger partial charge on any atom is 0.223 e. The van der Waals surface area contributed by atoms with Crippen molar-refractivity contribution in [3.8, 4) is 0 Å². The third-order valence-electron chi connectivity index (χ3n) is 0.672. The van der Waals surface area contributed by atoms with E-state index in [1.165, 1.54) is 6.20 Å². The summed E-state index contributed by atoms with van der Waals surface area (Å²) in [7, 11) is 0. The van der Waals surface area contributed by atoms with Crippen LogP contribution in [0.25, 0.3) is 0 Å². The molecule has 1 heterocycles. The number of nitrogens with zero attached hydrogens (tertiary/aromatic N) is 2. The summed E-state index contributed by atoms with van der Waals surface area (Å²) in [6.45, 7) is 4.00. The van der Waals surface area contributed by atoms with E-state index < -0.39 is 0 Å². The van der Waals surface area contributed by atoms with Crippen LogP contribution in [0.3, 0.4) is 0 Å². The summed E-state index contributed by atoms with van der Waals surface area (Å²) in [5, 5.41) is 0.585. The number of hydrogen-bond donors (Lipinski definition) is 0. The van der Waals surface area contributed by atoms with E-state index in [4.69, 9.17) is 34.8 Å². The first kappa shape index (κ1) is 11.0. The fraction of sp³-hybridized carbons (Fsp3) is 0.333. The van der Waals surface area contributed by atoms with Gasteiger partial charge in [-0.25, -0.2) is 9.97 Å². The van der Waals surface area contributed by atoms with E-state index in [0.717, 1.165) is 0 Å². The molecule has 0 amide bonds. The van der Waals surface area contributed by atoms with Crippen molar-refractivity contribution in [1.82, 2.24) is 9.97 Å². The second-order valence-corrected chi connectivity index (χ2v) is 2.38. The second kappa shape index (κ2) is 5.58. The molecular formula is C6H7Cl3N2. The van der Waals surface area contributed by atoms with Crippen LogP contribution < -0.4 is 0 Å². The molecule has 0 saturated carbocycles. The van der Waals surface area contributed by atoms with Crippen LogP contribution in [-0.4, -0.2) is 9.97 Å². The minimum absolute atomic E-state index is 0.101. The van der Waals surface area contributed by atoms with Gasteiger partial charge >= 0.3 is 0 Å². The van der Waals surface area contributed by atoms with Gasteiger partial charge in [0, 0.05) is 0 Å². The third kappa shape index (κ3) is 3.75. The van der Waals surface area contributed by atoms with Crippen molar-refractivity contribution < 1.29 is 0 Å². The number of halogens is 3. The average Bonchev–Trinajstić information content (AvgIpc) is 2.02. The molecule has 0 aromatic carbocycles. The Morgan fingerprint density at radius 1 is 1.18 bits per heavy atom. The van der Waals surface area contributed by atoms with E-state index in [9.17, 15) is 0 Å². The van der Waals surface area contributed by atoms with Gasteiger partial charge in [0.25, 0.3) is 0 Å². The lowest BCUT2D eigenvalue weighted by Crippen LogP contribution is -1.81. The minimum atomic E-state index is 0.101. The summed E-state index contributed by atoms with van der Waals surface area (Å²) < 4.78 is 0. The molecule has 0 aliphatic rings. The molecule has 0 atom stereocenters. The molecule has 1 aromatic rings. The molecule has 1 rings (SSSR count). The van der Waals surface area contributed by atoms with Crippen molar-refractivity contribution >= 4 is 34.8 Å². The van der Waals surface area contributed by atoms with Gasteiger partial charge in [0.05, 0.1) is 11.2 Å². The van der Waals surface area contributed by atoms with Crippen LogP contribution in [0.4, 0.5) is 0 Å². The summed E-state index contributed by atoms with van der Waals surface area (Å²) in [6, 6.07) is 0. The van der Waals surface area contributed by atoms with Gasteiger partial charge in [0.15, 0.2) is 5.15 Å². The monoisotopic (exact) mass is 212 g/mol. The topological polar surface area (TPSA) is 25.8 Å². The molecule has 1 aromatic heterocycles. The van der Waals surface area contributed by atoms with Crippen LogP contribution in [-0.2, 0) is 0 Å². The quantitative estimate of drug-likeness (QED) is 0.487. The Bertz CT molecular complexity index is 227. The SMILES string of the molecule is CC.Clc1ncc(Cl)c(Cl)n1. The molecule has 5 heteroatoms. The molecule has 0 unspecified atom stereocenters. The van der Waals surface area contributed by atoms with Gasteiger partial charge in [-0.2, -0.15) is 0 Å². The highest BCUT2D eigenvalue weighted by molar-refractivity contribution is 6.41. The van der Waals surface area contributed by atoms with Crippen molar-refractivity contribution in [2.75, 3.05) is 0 Å². The smallest absolute Gasteiger partial charge is 0.223 e. The largest absolute Gasteiger partial charge is 0.225 e. The summed E-state index contributed by atoms with van der Waals surface area (Å²) >= 11 is 16.3. The molecule has 0 spiro atoms. The number of aromatic nitrogens is 2. The van der Waals surface area contributed by atoms with Gasteiger partial charge in [0.2, 0.25) is 5.28 Å². The Morgan fingerprint density at radius 2 is 1.73 bits per heavy atom. The van der Waals surface area contributed by atoms with Gasteiger partial charge < -0.3 is 0 Å². The normalized spacial score (nSPS) is 8.45. The predicted molar refractivity (Wildman–Crippen MR) is 48.4 cm³/mol. The lowest BCUT2D eigenvalue weighted by Gasteiger charge is -1.90. The van der Waals surface area contributed by atoms with E-state index in [2.05, 4.69) is 9.97 Å². The van der Waals surface area contributed by atoms with Gasteiger partial charge in [-0.3, -0.25) is 0 Å². The van der Waals surface area contributed by atoms with Crippen molar-refractivity contribution in [2.24, 2.45) is 0 Å². The van der Waals surface area contributed by atoms with Gasteiger partial charge in [0.1, 0.15) is 0 Å². The van der Waals surface area contributed by atoms with Gasteiger partial charge in [-0.05, 0) is 11.6 Å². The van der Waals surface area contributed by atoms with Crippen LogP contribution in [0.2, 0.25) is 15.5 Å². The van der Waals surface area contributed by atoms with Gasteiger partial charge in [-0.1, -0.05) is 37.0 Å². The zero-order valence-corrected chi connectivity index (χ0v) is 8.37. The summed E-state index contributed by atoms with van der Waals surface area (Å²) in [6.07, 6.45) is 1.35. The molecule has 0 aliphatic carbocycles. The number of hydrogen-bond acceptors (Lipinski definition) is 2. The van der Waals surface area contributed by atoms with E-state index in [1.807, 2.05) is 13.8 Å². The lowest BCUT2D eigenvalue weighted by atomic mass is 10.7. The molecule has 11 heavy (non-hydrogen) atoms. The molecule has 0 aliphatic heterocycles. The van der Waals surface area contributed by atoms with E-state index in [1.54, 1.807) is 0 Å². The first-order valence-electron chi connectivity index (χ1n) is 3.03.